The first-order chi connectivity index (χ1) is 14.1. The number of rotatable bonds is 7. The van der Waals surface area contributed by atoms with Crippen molar-refractivity contribution in [2.45, 2.75) is 43.0 Å². The second kappa shape index (κ2) is 8.26. The first-order valence-electron chi connectivity index (χ1n) is 8.30. The molecule has 8 atom stereocenters. The fourth-order valence-corrected chi connectivity index (χ4v) is 6.95. The van der Waals surface area contributed by atoms with Crippen LogP contribution in [0.15, 0.2) is 9.98 Å². The smallest absolute Gasteiger partial charge is 0.388 e. The fourth-order valence-electron chi connectivity index (χ4n) is 3.34. The molecule has 10 N–H and O–H groups in total. The number of nitrogens with one attached hydrogen (secondary N) is 2. The first kappa shape index (κ1) is 24.4. The maximum atomic E-state index is 12.0. The fraction of sp³-hybridized carbons (Fsp3) is 0.700. The van der Waals surface area contributed by atoms with Gasteiger partial charge in [-0.3, -0.25) is 19.6 Å². The van der Waals surface area contributed by atoms with Gasteiger partial charge >= 0.3 is 23.3 Å². The Morgan fingerprint density at radius 1 is 1.19 bits per heavy atom. The zero-order chi connectivity index (χ0) is 23.4. The molecular weight excluding hydrogens is 489 g/mol. The molecule has 0 aromatic rings. The summed E-state index contributed by atoms with van der Waals surface area (Å²) in [6.07, 6.45) is -5.16. The molecule has 1 saturated carbocycles. The van der Waals surface area contributed by atoms with Crippen molar-refractivity contribution in [2.24, 2.45) is 15.7 Å². The molecule has 2 aliphatic heterocycles. The van der Waals surface area contributed by atoms with Gasteiger partial charge in [0.05, 0.1) is 12.4 Å². The van der Waals surface area contributed by atoms with Crippen molar-refractivity contribution in [3.8, 4) is 0 Å². The SMILES string of the molecule is NC1=NC2C(N=CN2[C@@H]2C[C@H](OP(=O)(O)OP(=O)(O)NP(=O)(O)O)[C@@H](O)[C@@H]2O)C(=O)N1. The lowest BCUT2D eigenvalue weighted by Crippen LogP contribution is -2.56. The van der Waals surface area contributed by atoms with E-state index in [1.807, 2.05) is 0 Å². The normalized spacial score (nSPS) is 37.0. The van der Waals surface area contributed by atoms with Crippen LogP contribution in [0.4, 0.5) is 0 Å². The van der Waals surface area contributed by atoms with Crippen LogP contribution >= 0.6 is 23.3 Å². The molecule has 0 saturated heterocycles. The molecule has 1 fully saturated rings. The van der Waals surface area contributed by atoms with Crippen LogP contribution in [0.1, 0.15) is 6.42 Å². The van der Waals surface area contributed by atoms with Gasteiger partial charge in [0.1, 0.15) is 18.3 Å². The van der Waals surface area contributed by atoms with Gasteiger partial charge in [-0.2, -0.15) is 4.31 Å². The monoisotopic (exact) mass is 508 g/mol. The predicted octanol–water partition coefficient (Wildman–Crippen LogP) is -3.75. The van der Waals surface area contributed by atoms with Gasteiger partial charge < -0.3 is 40.4 Å². The molecule has 3 aliphatic rings. The van der Waals surface area contributed by atoms with E-state index in [1.54, 1.807) is 0 Å². The number of hydrogen-bond donors (Lipinski definition) is 9. The molecule has 21 heteroatoms. The summed E-state index contributed by atoms with van der Waals surface area (Å²) in [5.41, 5.74) is 5.52. The van der Waals surface area contributed by atoms with Crippen LogP contribution < -0.4 is 15.9 Å². The third-order valence-corrected chi connectivity index (χ3v) is 8.76. The van der Waals surface area contributed by atoms with Crippen LogP contribution in [-0.2, 0) is 27.3 Å². The molecule has 1 amide bonds. The summed E-state index contributed by atoms with van der Waals surface area (Å²) >= 11 is 0. The third-order valence-electron chi connectivity index (χ3n) is 4.46. The maximum Gasteiger partial charge on any atom is 0.480 e. The number of aliphatic hydroxyl groups is 2. The van der Waals surface area contributed by atoms with Gasteiger partial charge in [0.25, 0.3) is 5.91 Å². The van der Waals surface area contributed by atoms with Gasteiger partial charge in [0, 0.05) is 0 Å². The van der Waals surface area contributed by atoms with E-state index in [9.17, 15) is 38.5 Å². The Morgan fingerprint density at radius 2 is 1.84 bits per heavy atom. The van der Waals surface area contributed by atoms with Crippen molar-refractivity contribution < 1.29 is 57.1 Å². The standard InChI is InChI=1S/C10H19N6O12P3/c11-10-13-8-5(9(19)14-10)12-2-16(8)3-1-4(7(18)6(3)17)27-31(25,26)28-30(23,24)15-29(20,21)22/h2-8,17-18H,1H2,(H,25,26)(H3,11,13,14,19)(H4,15,20,21,22,23,24)/t3-,4+,5?,6-,7-,8?/m1/s1. The topological polar surface area (TPSA) is 286 Å². The number of guanidine groups is 1. The average Bonchev–Trinajstić information content (AvgIpc) is 3.07. The van der Waals surface area contributed by atoms with E-state index in [-0.39, 0.29) is 12.4 Å². The highest BCUT2D eigenvalue weighted by molar-refractivity contribution is 7.70. The lowest BCUT2D eigenvalue weighted by atomic mass is 10.1. The van der Waals surface area contributed by atoms with Gasteiger partial charge in [-0.25, -0.2) is 18.7 Å². The summed E-state index contributed by atoms with van der Waals surface area (Å²) in [5.74, 6) is -0.756. The molecule has 31 heavy (non-hydrogen) atoms. The zero-order valence-electron chi connectivity index (χ0n) is 15.1. The second-order valence-corrected chi connectivity index (χ2v) is 11.4. The quantitative estimate of drug-likeness (QED) is 0.149. The van der Waals surface area contributed by atoms with E-state index in [1.165, 1.54) is 11.2 Å². The number of aliphatic imine (C=N–C) groups is 2. The summed E-state index contributed by atoms with van der Waals surface area (Å²) in [6.45, 7) is 0. The highest BCUT2D eigenvalue weighted by Crippen LogP contribution is 2.62. The molecule has 0 aromatic carbocycles. The number of phosphoric acid groups is 1. The number of fused-ring (bicyclic) bond motifs is 1. The van der Waals surface area contributed by atoms with E-state index < -0.39 is 65.8 Å². The van der Waals surface area contributed by atoms with E-state index in [0.29, 0.717) is 0 Å². The van der Waals surface area contributed by atoms with Crippen LogP contribution in [0.2, 0.25) is 0 Å². The van der Waals surface area contributed by atoms with E-state index in [2.05, 4.69) is 24.1 Å². The van der Waals surface area contributed by atoms with Crippen molar-refractivity contribution in [1.82, 2.24) is 15.1 Å². The number of phosphoric ester groups is 1. The summed E-state index contributed by atoms with van der Waals surface area (Å²) < 4.78 is 42.9. The van der Waals surface area contributed by atoms with Crippen molar-refractivity contribution in [1.29, 1.82) is 0 Å². The van der Waals surface area contributed by atoms with Crippen molar-refractivity contribution in [3.05, 3.63) is 0 Å². The van der Waals surface area contributed by atoms with Crippen molar-refractivity contribution in [2.75, 3.05) is 0 Å². The number of carbonyl (C=O) groups is 1. The number of amides is 1. The van der Waals surface area contributed by atoms with Gasteiger partial charge in [0.2, 0.25) is 0 Å². The molecule has 18 nitrogen and oxygen atoms in total. The zero-order valence-corrected chi connectivity index (χ0v) is 17.8. The van der Waals surface area contributed by atoms with Crippen LogP contribution in [0.3, 0.4) is 0 Å². The minimum absolute atomic E-state index is 0.202. The number of nitrogens with two attached hydrogens (primary N) is 1. The van der Waals surface area contributed by atoms with Gasteiger partial charge in [-0.05, 0) is 6.42 Å². The molecule has 0 spiro atoms. The molecule has 4 unspecified atom stereocenters. The molecule has 0 bridgehead atoms. The first-order valence-corrected chi connectivity index (χ1v) is 13.0. The molecule has 3 rings (SSSR count). The Kier molecular flexibility index (Phi) is 6.50. The Labute approximate surface area is 173 Å². The Hall–Kier alpha value is -1.26. The highest BCUT2D eigenvalue weighted by Gasteiger charge is 2.52. The summed E-state index contributed by atoms with van der Waals surface area (Å²) in [5, 5.41) is 22.8. The van der Waals surface area contributed by atoms with Crippen LogP contribution in [-0.4, -0.2) is 89.5 Å². The Balaban J connectivity index is 1.71. The molecular formula is C10H19N6O12P3. The minimum atomic E-state index is -5.50. The second-order valence-electron chi connectivity index (χ2n) is 6.72. The molecule has 1 aliphatic carbocycles. The lowest BCUT2D eigenvalue weighted by Gasteiger charge is -2.33. The summed E-state index contributed by atoms with van der Waals surface area (Å²) in [4.78, 5) is 58.3. The largest absolute Gasteiger partial charge is 0.480 e. The van der Waals surface area contributed by atoms with Crippen LogP contribution in [0.5, 0.6) is 0 Å². The number of carbonyl (C=O) groups excluding carboxylic acids is 1. The van der Waals surface area contributed by atoms with E-state index >= 15 is 0 Å². The lowest BCUT2D eigenvalue weighted by molar-refractivity contribution is -0.122. The minimum Gasteiger partial charge on any atom is -0.388 e. The van der Waals surface area contributed by atoms with Crippen LogP contribution in [0.25, 0.3) is 0 Å². The van der Waals surface area contributed by atoms with Gasteiger partial charge in [0.15, 0.2) is 18.2 Å². The average molecular weight is 508 g/mol. The number of hydrogen-bond acceptors (Lipinski definition) is 12. The highest BCUT2D eigenvalue weighted by atomic mass is 31.3. The summed E-state index contributed by atoms with van der Waals surface area (Å²) in [7, 11) is -16.3. The Bertz CT molecular complexity index is 953. The van der Waals surface area contributed by atoms with Crippen molar-refractivity contribution in [3.63, 3.8) is 0 Å². The third kappa shape index (κ3) is 5.57. The number of aliphatic hydroxyl groups excluding tert-OH is 2. The number of nitrogens with zero attached hydrogens (tertiary/aromatic N) is 3. The predicted molar refractivity (Wildman–Crippen MR) is 98.9 cm³/mol. The summed E-state index contributed by atoms with van der Waals surface area (Å²) in [6, 6.07) is -2.02. The Morgan fingerprint density at radius 3 is 2.45 bits per heavy atom. The van der Waals surface area contributed by atoms with Crippen molar-refractivity contribution >= 4 is 41.5 Å². The molecule has 2 heterocycles. The van der Waals surface area contributed by atoms with E-state index in [4.69, 9.17) is 15.5 Å². The van der Waals surface area contributed by atoms with Crippen LogP contribution in [0, 0.1) is 0 Å². The van der Waals surface area contributed by atoms with Gasteiger partial charge in [-0.15, -0.1) is 4.86 Å². The maximum absolute atomic E-state index is 12.0. The molecule has 176 valence electrons. The van der Waals surface area contributed by atoms with Gasteiger partial charge in [-0.1, -0.05) is 0 Å². The van der Waals surface area contributed by atoms with E-state index in [0.717, 1.165) is 4.86 Å². The molecule has 0 aromatic heterocycles. The molecule has 0 radical (unpaired) electrons.